The van der Waals surface area contributed by atoms with E-state index >= 15 is 0 Å². The Bertz CT molecular complexity index is 1030. The lowest BCUT2D eigenvalue weighted by Gasteiger charge is -2.33. The highest BCUT2D eigenvalue weighted by Gasteiger charge is 2.24. The van der Waals surface area contributed by atoms with Crippen LogP contribution in [0, 0.1) is 12.7 Å². The summed E-state index contributed by atoms with van der Waals surface area (Å²) in [5, 5.41) is 10.6. The van der Waals surface area contributed by atoms with Crippen LogP contribution < -0.4 is 15.0 Å². The summed E-state index contributed by atoms with van der Waals surface area (Å²) in [4.78, 5) is 14.7. The molecule has 2 heterocycles. The first-order valence-corrected chi connectivity index (χ1v) is 10.1. The molecule has 2 N–H and O–H groups in total. The second-order valence-electron chi connectivity index (χ2n) is 7.59. The van der Waals surface area contributed by atoms with Crippen molar-refractivity contribution in [1.82, 2.24) is 15.5 Å². The summed E-state index contributed by atoms with van der Waals surface area (Å²) < 4.78 is 19.0. The third-order valence-electron chi connectivity index (χ3n) is 5.48. The third kappa shape index (κ3) is 4.30. The summed E-state index contributed by atoms with van der Waals surface area (Å²) in [5.41, 5.74) is 2.82. The molecule has 7 heteroatoms. The Morgan fingerprint density at radius 2 is 2.03 bits per heavy atom. The maximum Gasteiger partial charge on any atom is 0.251 e. The van der Waals surface area contributed by atoms with Gasteiger partial charge in [-0.25, -0.2) is 4.39 Å². The van der Waals surface area contributed by atoms with E-state index in [0.717, 1.165) is 42.2 Å². The number of H-pyrrole nitrogens is 1. The number of piperidine rings is 1. The monoisotopic (exact) mass is 408 g/mol. The minimum Gasteiger partial charge on any atom is -0.497 e. The number of amides is 1. The van der Waals surface area contributed by atoms with Crippen molar-refractivity contribution >= 4 is 11.7 Å². The smallest absolute Gasteiger partial charge is 0.251 e. The normalized spacial score (nSPS) is 16.4. The molecule has 30 heavy (non-hydrogen) atoms. The standard InChI is InChI=1S/C23H25FN4O2/c1-15-5-6-17(12-20(15)24)23(29)25-18-4-3-11-28(14-18)22-13-21(26-27-22)16-7-9-19(30-2)10-8-16/h5-10,12-13,18H,3-4,11,14H2,1-2H3,(H,25,29)(H,26,27)/t18-/m1/s1. The fraction of sp³-hybridized carbons (Fsp3) is 0.304. The van der Waals surface area contributed by atoms with Gasteiger partial charge in [0.2, 0.25) is 0 Å². The zero-order valence-corrected chi connectivity index (χ0v) is 17.1. The number of nitrogens with zero attached hydrogens (tertiary/aromatic N) is 2. The van der Waals surface area contributed by atoms with Gasteiger partial charge in [-0.2, -0.15) is 5.10 Å². The van der Waals surface area contributed by atoms with Crippen molar-refractivity contribution in [2.45, 2.75) is 25.8 Å². The van der Waals surface area contributed by atoms with Gasteiger partial charge in [0.1, 0.15) is 11.6 Å². The fourth-order valence-corrected chi connectivity index (χ4v) is 3.70. The van der Waals surface area contributed by atoms with Crippen LogP contribution in [0.4, 0.5) is 10.2 Å². The zero-order valence-electron chi connectivity index (χ0n) is 17.1. The van der Waals surface area contributed by atoms with E-state index in [1.807, 2.05) is 30.3 Å². The number of aromatic amines is 1. The Hall–Kier alpha value is -3.35. The van der Waals surface area contributed by atoms with E-state index in [4.69, 9.17) is 4.74 Å². The fourth-order valence-electron chi connectivity index (χ4n) is 3.70. The summed E-state index contributed by atoms with van der Waals surface area (Å²) in [6.07, 6.45) is 1.82. The highest BCUT2D eigenvalue weighted by molar-refractivity contribution is 5.94. The predicted octanol–water partition coefficient (Wildman–Crippen LogP) is 3.93. The van der Waals surface area contributed by atoms with Gasteiger partial charge in [-0.15, -0.1) is 0 Å². The summed E-state index contributed by atoms with van der Waals surface area (Å²) in [7, 11) is 1.64. The number of ether oxygens (including phenoxy) is 1. The molecule has 156 valence electrons. The summed E-state index contributed by atoms with van der Waals surface area (Å²) in [6.45, 7) is 3.21. The van der Waals surface area contributed by atoms with Crippen LogP contribution in [0.25, 0.3) is 11.3 Å². The van der Waals surface area contributed by atoms with Crippen LogP contribution in [0.3, 0.4) is 0 Å². The van der Waals surface area contributed by atoms with Crippen LogP contribution in [0.5, 0.6) is 5.75 Å². The van der Waals surface area contributed by atoms with Crippen LogP contribution in [-0.4, -0.2) is 42.3 Å². The van der Waals surface area contributed by atoms with E-state index in [1.54, 1.807) is 26.2 Å². The first-order chi connectivity index (χ1) is 14.5. The molecule has 1 aromatic heterocycles. The van der Waals surface area contributed by atoms with E-state index in [2.05, 4.69) is 20.4 Å². The average Bonchev–Trinajstić information content (AvgIpc) is 3.26. The van der Waals surface area contributed by atoms with E-state index in [1.165, 1.54) is 6.07 Å². The van der Waals surface area contributed by atoms with Crippen molar-refractivity contribution < 1.29 is 13.9 Å². The highest BCUT2D eigenvalue weighted by Crippen LogP contribution is 2.25. The number of halogens is 1. The van der Waals surface area contributed by atoms with Gasteiger partial charge in [-0.3, -0.25) is 9.89 Å². The molecule has 1 amide bonds. The average molecular weight is 408 g/mol. The Morgan fingerprint density at radius 1 is 1.23 bits per heavy atom. The van der Waals surface area contributed by atoms with Gasteiger partial charge in [0.05, 0.1) is 12.8 Å². The van der Waals surface area contributed by atoms with Gasteiger partial charge in [0.15, 0.2) is 5.82 Å². The summed E-state index contributed by atoms with van der Waals surface area (Å²) in [5.74, 6) is 1.04. The van der Waals surface area contributed by atoms with Crippen LogP contribution in [0.15, 0.2) is 48.5 Å². The number of hydrogen-bond acceptors (Lipinski definition) is 4. The summed E-state index contributed by atoms with van der Waals surface area (Å²) >= 11 is 0. The number of anilines is 1. The second kappa shape index (κ2) is 8.57. The van der Waals surface area contributed by atoms with E-state index in [-0.39, 0.29) is 17.8 Å². The lowest BCUT2D eigenvalue weighted by molar-refractivity contribution is 0.0932. The van der Waals surface area contributed by atoms with Crippen LogP contribution in [-0.2, 0) is 0 Å². The van der Waals surface area contributed by atoms with Crippen molar-refractivity contribution in [1.29, 1.82) is 0 Å². The number of carbonyl (C=O) groups excluding carboxylic acids is 1. The summed E-state index contributed by atoms with van der Waals surface area (Å²) in [6, 6.07) is 14.4. The van der Waals surface area contributed by atoms with Crippen molar-refractivity contribution in [3.8, 4) is 17.0 Å². The SMILES string of the molecule is COc1ccc(-c2cc(N3CCC[C@@H](NC(=O)c4ccc(C)c(F)c4)C3)n[nH]2)cc1. The molecule has 3 aromatic rings. The number of methoxy groups -OCH3 is 1. The molecule has 0 unspecified atom stereocenters. The molecule has 1 fully saturated rings. The first-order valence-electron chi connectivity index (χ1n) is 10.1. The molecule has 1 atom stereocenters. The molecule has 1 aliphatic heterocycles. The Morgan fingerprint density at radius 3 is 2.77 bits per heavy atom. The molecule has 4 rings (SSSR count). The lowest BCUT2D eigenvalue weighted by Crippen LogP contribution is -2.48. The Kier molecular flexibility index (Phi) is 5.70. The predicted molar refractivity (Wildman–Crippen MR) is 114 cm³/mol. The maximum atomic E-state index is 13.8. The second-order valence-corrected chi connectivity index (χ2v) is 7.59. The van der Waals surface area contributed by atoms with Crippen molar-refractivity contribution in [3.63, 3.8) is 0 Å². The Labute approximate surface area is 175 Å². The molecule has 0 radical (unpaired) electrons. The molecule has 0 saturated carbocycles. The largest absolute Gasteiger partial charge is 0.497 e. The van der Waals surface area contributed by atoms with Crippen LogP contribution in [0.1, 0.15) is 28.8 Å². The molecule has 0 bridgehead atoms. The van der Waals surface area contributed by atoms with Crippen LogP contribution in [0.2, 0.25) is 0 Å². The van der Waals surface area contributed by atoms with E-state index in [0.29, 0.717) is 17.7 Å². The van der Waals surface area contributed by atoms with Crippen molar-refractivity contribution in [2.75, 3.05) is 25.1 Å². The van der Waals surface area contributed by atoms with Crippen molar-refractivity contribution in [3.05, 3.63) is 65.5 Å². The molecule has 0 spiro atoms. The van der Waals surface area contributed by atoms with Gasteiger partial charge in [0.25, 0.3) is 5.91 Å². The van der Waals surface area contributed by atoms with Crippen LogP contribution >= 0.6 is 0 Å². The van der Waals surface area contributed by atoms with E-state index < -0.39 is 0 Å². The van der Waals surface area contributed by atoms with E-state index in [9.17, 15) is 9.18 Å². The lowest BCUT2D eigenvalue weighted by atomic mass is 10.0. The van der Waals surface area contributed by atoms with Crippen molar-refractivity contribution in [2.24, 2.45) is 0 Å². The quantitative estimate of drug-likeness (QED) is 0.671. The topological polar surface area (TPSA) is 70.2 Å². The highest BCUT2D eigenvalue weighted by atomic mass is 19.1. The minimum atomic E-state index is -0.365. The molecule has 1 saturated heterocycles. The van der Waals surface area contributed by atoms with Gasteiger partial charge in [0, 0.05) is 30.8 Å². The number of rotatable bonds is 5. The number of carbonyl (C=O) groups is 1. The number of hydrogen-bond donors (Lipinski definition) is 2. The Balaban J connectivity index is 1.42. The molecule has 0 aliphatic carbocycles. The molecule has 1 aliphatic rings. The molecular formula is C23H25FN4O2. The number of nitrogens with one attached hydrogen (secondary N) is 2. The maximum absolute atomic E-state index is 13.8. The zero-order chi connectivity index (χ0) is 21.1. The first kappa shape index (κ1) is 19.9. The number of aryl methyl sites for hydroxylation is 1. The number of aromatic nitrogens is 2. The van der Waals surface area contributed by atoms with Gasteiger partial charge >= 0.3 is 0 Å². The van der Waals surface area contributed by atoms with Gasteiger partial charge < -0.3 is 15.0 Å². The minimum absolute atomic E-state index is 0.0169. The number of benzene rings is 2. The molecule has 2 aromatic carbocycles. The third-order valence-corrected chi connectivity index (χ3v) is 5.48. The van der Waals surface area contributed by atoms with Gasteiger partial charge in [-0.1, -0.05) is 6.07 Å². The molecular weight excluding hydrogens is 383 g/mol. The van der Waals surface area contributed by atoms with Gasteiger partial charge in [-0.05, 0) is 67.3 Å². The molecule has 6 nitrogen and oxygen atoms in total.